The van der Waals surface area contributed by atoms with Crippen LogP contribution in [0.2, 0.25) is 0 Å². The minimum absolute atomic E-state index is 0.450. The molecule has 3 N–H and O–H groups in total. The van der Waals surface area contributed by atoms with Crippen LogP contribution in [0.25, 0.3) is 0 Å². The second kappa shape index (κ2) is 5.30. The highest BCUT2D eigenvalue weighted by Gasteiger charge is 2.19. The fourth-order valence-corrected chi connectivity index (χ4v) is 3.94. The number of fused-ring (bicyclic) bond motifs is 1. The average Bonchev–Trinajstić information content (AvgIpc) is 2.82. The molecule has 0 spiro atoms. The summed E-state index contributed by atoms with van der Waals surface area (Å²) in [5, 5.41) is 4.25. The monoisotopic (exact) mass is 277 g/mol. The van der Waals surface area contributed by atoms with Crippen molar-refractivity contribution in [2.24, 2.45) is 0 Å². The molecule has 1 aliphatic heterocycles. The van der Waals surface area contributed by atoms with Crippen molar-refractivity contribution in [2.75, 3.05) is 11.5 Å². The highest BCUT2D eigenvalue weighted by Crippen LogP contribution is 2.36. The quantitative estimate of drug-likeness (QED) is 0.905. The van der Waals surface area contributed by atoms with Crippen LogP contribution in [0.5, 0.6) is 0 Å². The summed E-state index contributed by atoms with van der Waals surface area (Å²) in [6.07, 6.45) is 3.03. The van der Waals surface area contributed by atoms with E-state index in [-0.39, 0.29) is 0 Å². The lowest BCUT2D eigenvalue weighted by atomic mass is 10.0. The van der Waals surface area contributed by atoms with Crippen molar-refractivity contribution >= 4 is 28.2 Å². The molecule has 1 aromatic heterocycles. The molecule has 1 unspecified atom stereocenters. The molecular formula is C13H15N3S2. The van der Waals surface area contributed by atoms with Gasteiger partial charge in [0.2, 0.25) is 0 Å². The van der Waals surface area contributed by atoms with Crippen molar-refractivity contribution in [3.05, 3.63) is 40.9 Å². The van der Waals surface area contributed by atoms with Crippen molar-refractivity contribution in [1.82, 2.24) is 10.3 Å². The van der Waals surface area contributed by atoms with Crippen LogP contribution in [0.4, 0.5) is 5.13 Å². The number of rotatable bonds is 3. The number of nitrogens with one attached hydrogen (secondary N) is 1. The van der Waals surface area contributed by atoms with Gasteiger partial charge in [-0.05, 0) is 23.8 Å². The largest absolute Gasteiger partial charge is 0.375 e. The first kappa shape index (κ1) is 12.0. The second-order valence-electron chi connectivity index (χ2n) is 4.27. The second-order valence-corrected chi connectivity index (χ2v) is 6.56. The van der Waals surface area contributed by atoms with E-state index in [1.807, 2.05) is 18.0 Å². The molecule has 0 radical (unpaired) electrons. The summed E-state index contributed by atoms with van der Waals surface area (Å²) in [5.41, 5.74) is 7.06. The molecule has 0 fully saturated rings. The fraction of sp³-hybridized carbons (Fsp3) is 0.308. The van der Waals surface area contributed by atoms with Gasteiger partial charge in [-0.1, -0.05) is 18.2 Å². The Kier molecular flexibility index (Phi) is 3.54. The summed E-state index contributed by atoms with van der Waals surface area (Å²) >= 11 is 3.51. The van der Waals surface area contributed by atoms with E-state index in [4.69, 9.17) is 5.73 Å². The average molecular weight is 277 g/mol. The number of anilines is 1. The van der Waals surface area contributed by atoms with Gasteiger partial charge in [0.15, 0.2) is 5.13 Å². The van der Waals surface area contributed by atoms with E-state index < -0.39 is 0 Å². The molecule has 18 heavy (non-hydrogen) atoms. The first-order chi connectivity index (χ1) is 8.83. The minimum atomic E-state index is 0.450. The van der Waals surface area contributed by atoms with Gasteiger partial charge in [0.25, 0.3) is 0 Å². The Morgan fingerprint density at radius 3 is 3.11 bits per heavy atom. The zero-order valence-corrected chi connectivity index (χ0v) is 11.6. The molecule has 0 aliphatic carbocycles. The van der Waals surface area contributed by atoms with E-state index >= 15 is 0 Å². The molecule has 1 aliphatic rings. The number of thiazole rings is 1. The Balaban J connectivity index is 1.71. The van der Waals surface area contributed by atoms with Gasteiger partial charge in [0.1, 0.15) is 0 Å². The van der Waals surface area contributed by atoms with Gasteiger partial charge in [-0.2, -0.15) is 0 Å². The standard InChI is InChI=1S/C13H15N3S2/c14-13-16-8-9(18-13)7-15-11-5-6-17-12-4-2-1-3-10(11)12/h1-4,8,11,15H,5-7H2,(H2,14,16). The van der Waals surface area contributed by atoms with E-state index in [2.05, 4.69) is 34.6 Å². The van der Waals surface area contributed by atoms with Crippen LogP contribution in [-0.2, 0) is 6.54 Å². The normalized spacial score (nSPS) is 18.6. The molecule has 2 heterocycles. The molecule has 0 bridgehead atoms. The van der Waals surface area contributed by atoms with Crippen molar-refractivity contribution in [2.45, 2.75) is 23.9 Å². The van der Waals surface area contributed by atoms with Crippen LogP contribution in [0.3, 0.4) is 0 Å². The molecular weight excluding hydrogens is 262 g/mol. The van der Waals surface area contributed by atoms with Gasteiger partial charge >= 0.3 is 0 Å². The summed E-state index contributed by atoms with van der Waals surface area (Å²) in [6.45, 7) is 0.846. The third-order valence-corrected chi connectivity index (χ3v) is 5.00. The highest BCUT2D eigenvalue weighted by molar-refractivity contribution is 7.99. The van der Waals surface area contributed by atoms with E-state index in [0.29, 0.717) is 11.2 Å². The van der Waals surface area contributed by atoms with E-state index in [0.717, 1.165) is 6.54 Å². The van der Waals surface area contributed by atoms with Crippen LogP contribution >= 0.6 is 23.1 Å². The lowest BCUT2D eigenvalue weighted by Crippen LogP contribution is -2.23. The topological polar surface area (TPSA) is 50.9 Å². The van der Waals surface area contributed by atoms with Gasteiger partial charge in [-0.15, -0.1) is 23.1 Å². The van der Waals surface area contributed by atoms with Crippen LogP contribution in [-0.4, -0.2) is 10.7 Å². The Labute approximate surface area is 115 Å². The minimum Gasteiger partial charge on any atom is -0.375 e. The predicted molar refractivity (Wildman–Crippen MR) is 77.9 cm³/mol. The van der Waals surface area contributed by atoms with Crippen molar-refractivity contribution in [1.29, 1.82) is 0 Å². The maximum absolute atomic E-state index is 5.64. The summed E-state index contributed by atoms with van der Waals surface area (Å²) in [7, 11) is 0. The summed E-state index contributed by atoms with van der Waals surface area (Å²) in [6, 6.07) is 9.10. The lowest BCUT2D eigenvalue weighted by Gasteiger charge is -2.25. The van der Waals surface area contributed by atoms with E-state index in [1.54, 1.807) is 11.3 Å². The van der Waals surface area contributed by atoms with Crippen molar-refractivity contribution in [3.8, 4) is 0 Å². The maximum Gasteiger partial charge on any atom is 0.180 e. The highest BCUT2D eigenvalue weighted by atomic mass is 32.2. The van der Waals surface area contributed by atoms with Crippen LogP contribution in [0, 0.1) is 0 Å². The number of thioether (sulfide) groups is 1. The zero-order valence-electron chi connectivity index (χ0n) is 9.93. The van der Waals surface area contributed by atoms with Crippen molar-refractivity contribution in [3.63, 3.8) is 0 Å². The SMILES string of the molecule is Nc1ncc(CNC2CCSc3ccccc32)s1. The van der Waals surface area contributed by atoms with Gasteiger partial charge in [0, 0.05) is 28.6 Å². The molecule has 3 rings (SSSR count). The predicted octanol–water partition coefficient (Wildman–Crippen LogP) is 3.05. The lowest BCUT2D eigenvalue weighted by molar-refractivity contribution is 0.512. The molecule has 2 aromatic rings. The van der Waals surface area contributed by atoms with Crippen LogP contribution < -0.4 is 11.1 Å². The summed E-state index contributed by atoms with van der Waals surface area (Å²) in [5.74, 6) is 1.18. The molecule has 0 saturated carbocycles. The number of nitrogens with two attached hydrogens (primary N) is 1. The van der Waals surface area contributed by atoms with Crippen LogP contribution in [0.15, 0.2) is 35.4 Å². The Bertz CT molecular complexity index is 539. The number of nitrogens with zero attached hydrogens (tertiary/aromatic N) is 1. The molecule has 94 valence electrons. The third-order valence-electron chi connectivity index (χ3n) is 3.05. The molecule has 1 atom stereocenters. The number of aromatic nitrogens is 1. The van der Waals surface area contributed by atoms with Gasteiger partial charge in [-0.25, -0.2) is 4.98 Å². The van der Waals surface area contributed by atoms with Gasteiger partial charge in [0.05, 0.1) is 0 Å². The Morgan fingerprint density at radius 2 is 2.28 bits per heavy atom. The number of hydrogen-bond donors (Lipinski definition) is 2. The van der Waals surface area contributed by atoms with E-state index in [9.17, 15) is 0 Å². The molecule has 1 aromatic carbocycles. The zero-order chi connectivity index (χ0) is 12.4. The first-order valence-corrected chi connectivity index (χ1v) is 7.78. The summed E-state index contributed by atoms with van der Waals surface area (Å²) < 4.78 is 0. The van der Waals surface area contributed by atoms with Crippen molar-refractivity contribution < 1.29 is 0 Å². The van der Waals surface area contributed by atoms with E-state index in [1.165, 1.54) is 27.5 Å². The third kappa shape index (κ3) is 2.53. The fourth-order valence-electron chi connectivity index (χ4n) is 2.18. The number of benzene rings is 1. The van der Waals surface area contributed by atoms with Gasteiger partial charge < -0.3 is 11.1 Å². The van der Waals surface area contributed by atoms with Gasteiger partial charge in [-0.3, -0.25) is 0 Å². The van der Waals surface area contributed by atoms with Crippen LogP contribution in [0.1, 0.15) is 22.9 Å². The molecule has 3 nitrogen and oxygen atoms in total. The Hall–Kier alpha value is -1.04. The summed E-state index contributed by atoms with van der Waals surface area (Å²) in [4.78, 5) is 6.68. The molecule has 0 saturated heterocycles. The number of nitrogen functional groups attached to an aromatic ring is 1. The number of hydrogen-bond acceptors (Lipinski definition) is 5. The smallest absolute Gasteiger partial charge is 0.180 e. The maximum atomic E-state index is 5.64. The molecule has 5 heteroatoms. The Morgan fingerprint density at radius 1 is 1.39 bits per heavy atom. The first-order valence-electron chi connectivity index (χ1n) is 5.98. The molecule has 0 amide bonds.